The highest BCUT2D eigenvalue weighted by molar-refractivity contribution is 7.10. The summed E-state index contributed by atoms with van der Waals surface area (Å²) in [5, 5.41) is 7.63. The van der Waals surface area contributed by atoms with Gasteiger partial charge in [0.15, 0.2) is 0 Å². The van der Waals surface area contributed by atoms with Crippen LogP contribution in [0.2, 0.25) is 0 Å². The fourth-order valence-electron chi connectivity index (χ4n) is 1.05. The molecule has 0 atom stereocenters. The SMILES string of the molecule is CCCNC(=O)NCc1sccc1C. The van der Waals surface area contributed by atoms with Gasteiger partial charge in [0, 0.05) is 11.4 Å². The van der Waals surface area contributed by atoms with Crippen LogP contribution in [-0.4, -0.2) is 12.6 Å². The summed E-state index contributed by atoms with van der Waals surface area (Å²) < 4.78 is 0. The fraction of sp³-hybridized carbons (Fsp3) is 0.500. The molecule has 3 nitrogen and oxygen atoms in total. The molecule has 0 aliphatic heterocycles. The Morgan fingerprint density at radius 3 is 2.86 bits per heavy atom. The summed E-state index contributed by atoms with van der Waals surface area (Å²) in [5.74, 6) is 0. The second-order valence-electron chi connectivity index (χ2n) is 3.14. The zero-order valence-corrected chi connectivity index (χ0v) is 9.41. The molecule has 0 unspecified atom stereocenters. The lowest BCUT2D eigenvalue weighted by atomic mass is 10.3. The molecule has 2 N–H and O–H groups in total. The maximum Gasteiger partial charge on any atom is 0.315 e. The molecule has 0 saturated carbocycles. The van der Waals surface area contributed by atoms with Gasteiger partial charge in [0.1, 0.15) is 0 Å². The number of carbonyl (C=O) groups is 1. The van der Waals surface area contributed by atoms with Gasteiger partial charge in [-0.3, -0.25) is 0 Å². The molecule has 1 heterocycles. The predicted octanol–water partition coefficient (Wildman–Crippen LogP) is 2.27. The van der Waals surface area contributed by atoms with E-state index in [0.717, 1.165) is 13.0 Å². The highest BCUT2D eigenvalue weighted by Crippen LogP contribution is 2.14. The second kappa shape index (κ2) is 5.65. The van der Waals surface area contributed by atoms with Crippen molar-refractivity contribution in [2.75, 3.05) is 6.54 Å². The van der Waals surface area contributed by atoms with Crippen LogP contribution in [0.4, 0.5) is 4.79 Å². The van der Waals surface area contributed by atoms with E-state index in [9.17, 15) is 4.79 Å². The van der Waals surface area contributed by atoms with Crippen molar-refractivity contribution >= 4 is 17.4 Å². The summed E-state index contributed by atoms with van der Waals surface area (Å²) in [6.07, 6.45) is 0.964. The maximum absolute atomic E-state index is 11.2. The first-order valence-electron chi connectivity index (χ1n) is 4.78. The zero-order chi connectivity index (χ0) is 10.4. The number of hydrogen-bond donors (Lipinski definition) is 2. The van der Waals surface area contributed by atoms with E-state index in [0.29, 0.717) is 6.54 Å². The van der Waals surface area contributed by atoms with Crippen molar-refractivity contribution < 1.29 is 4.79 Å². The molecule has 4 heteroatoms. The minimum atomic E-state index is -0.0837. The molecule has 0 saturated heterocycles. The minimum Gasteiger partial charge on any atom is -0.338 e. The number of hydrogen-bond acceptors (Lipinski definition) is 2. The maximum atomic E-state index is 11.2. The number of carbonyl (C=O) groups excluding carboxylic acids is 1. The van der Waals surface area contributed by atoms with Gasteiger partial charge in [0.2, 0.25) is 0 Å². The predicted molar refractivity (Wildman–Crippen MR) is 59.6 cm³/mol. The third kappa shape index (κ3) is 3.38. The van der Waals surface area contributed by atoms with Crippen molar-refractivity contribution in [1.29, 1.82) is 0 Å². The Bertz CT molecular complexity index is 296. The van der Waals surface area contributed by atoms with Gasteiger partial charge in [-0.05, 0) is 30.4 Å². The van der Waals surface area contributed by atoms with E-state index < -0.39 is 0 Å². The molecule has 0 bridgehead atoms. The molecular formula is C10H16N2OS. The highest BCUT2D eigenvalue weighted by atomic mass is 32.1. The lowest BCUT2D eigenvalue weighted by molar-refractivity contribution is 0.240. The van der Waals surface area contributed by atoms with Gasteiger partial charge in [0.25, 0.3) is 0 Å². The van der Waals surface area contributed by atoms with Crippen LogP contribution >= 0.6 is 11.3 Å². The molecule has 1 aromatic heterocycles. The van der Waals surface area contributed by atoms with E-state index >= 15 is 0 Å². The summed E-state index contributed by atoms with van der Waals surface area (Å²) in [7, 11) is 0. The van der Waals surface area contributed by atoms with E-state index in [1.807, 2.05) is 12.3 Å². The Kier molecular flexibility index (Phi) is 4.46. The Morgan fingerprint density at radius 1 is 1.50 bits per heavy atom. The molecule has 1 aromatic rings. The van der Waals surface area contributed by atoms with Crippen molar-refractivity contribution in [1.82, 2.24) is 10.6 Å². The molecule has 14 heavy (non-hydrogen) atoms. The van der Waals surface area contributed by atoms with Crippen molar-refractivity contribution in [3.63, 3.8) is 0 Å². The van der Waals surface area contributed by atoms with Gasteiger partial charge in [-0.2, -0.15) is 0 Å². The molecule has 0 aromatic carbocycles. The number of urea groups is 1. The first-order chi connectivity index (χ1) is 6.74. The molecule has 0 aliphatic rings. The van der Waals surface area contributed by atoms with Crippen LogP contribution in [0, 0.1) is 6.92 Å². The minimum absolute atomic E-state index is 0.0837. The third-order valence-corrected chi connectivity index (χ3v) is 2.94. The largest absolute Gasteiger partial charge is 0.338 e. The molecule has 0 radical (unpaired) electrons. The van der Waals surface area contributed by atoms with Crippen LogP contribution in [0.1, 0.15) is 23.8 Å². The number of aryl methyl sites for hydroxylation is 1. The molecule has 0 fully saturated rings. The quantitative estimate of drug-likeness (QED) is 0.789. The van der Waals surface area contributed by atoms with E-state index in [4.69, 9.17) is 0 Å². The number of thiophene rings is 1. The second-order valence-corrected chi connectivity index (χ2v) is 4.14. The van der Waals surface area contributed by atoms with Crippen molar-refractivity contribution in [3.05, 3.63) is 21.9 Å². The summed E-state index contributed by atoms with van der Waals surface area (Å²) in [4.78, 5) is 12.4. The molecule has 0 spiro atoms. The van der Waals surface area contributed by atoms with Gasteiger partial charge in [-0.15, -0.1) is 11.3 Å². The average Bonchev–Trinajstić information content (AvgIpc) is 2.58. The van der Waals surface area contributed by atoms with E-state index in [-0.39, 0.29) is 6.03 Å². The lowest BCUT2D eigenvalue weighted by Gasteiger charge is -2.05. The normalized spacial score (nSPS) is 9.86. The number of nitrogens with one attached hydrogen (secondary N) is 2. The van der Waals surface area contributed by atoms with Crippen LogP contribution in [0.15, 0.2) is 11.4 Å². The summed E-state index contributed by atoms with van der Waals surface area (Å²) in [5.41, 5.74) is 1.24. The average molecular weight is 212 g/mol. The monoisotopic (exact) mass is 212 g/mol. The lowest BCUT2D eigenvalue weighted by Crippen LogP contribution is -2.35. The molecule has 78 valence electrons. The van der Waals surface area contributed by atoms with Gasteiger partial charge < -0.3 is 10.6 Å². The Hall–Kier alpha value is -1.03. The smallest absolute Gasteiger partial charge is 0.315 e. The van der Waals surface area contributed by atoms with Crippen LogP contribution in [-0.2, 0) is 6.54 Å². The fourth-order valence-corrected chi connectivity index (χ4v) is 1.89. The van der Waals surface area contributed by atoms with E-state index in [2.05, 4.69) is 23.6 Å². The van der Waals surface area contributed by atoms with Gasteiger partial charge >= 0.3 is 6.03 Å². The topological polar surface area (TPSA) is 41.1 Å². The first kappa shape index (κ1) is 11.0. The van der Waals surface area contributed by atoms with Crippen LogP contribution in [0.5, 0.6) is 0 Å². The van der Waals surface area contributed by atoms with Crippen molar-refractivity contribution in [2.45, 2.75) is 26.8 Å². The summed E-state index contributed by atoms with van der Waals surface area (Å²) >= 11 is 1.67. The summed E-state index contributed by atoms with van der Waals surface area (Å²) in [6.45, 7) is 5.44. The van der Waals surface area contributed by atoms with E-state index in [1.165, 1.54) is 10.4 Å². The molecule has 0 aliphatic carbocycles. The van der Waals surface area contributed by atoms with Gasteiger partial charge in [0.05, 0.1) is 6.54 Å². The molecular weight excluding hydrogens is 196 g/mol. The first-order valence-corrected chi connectivity index (χ1v) is 5.66. The van der Waals surface area contributed by atoms with Crippen LogP contribution in [0.25, 0.3) is 0 Å². The Balaban J connectivity index is 2.27. The van der Waals surface area contributed by atoms with Crippen LogP contribution < -0.4 is 10.6 Å². The standard InChI is InChI=1S/C10H16N2OS/c1-3-5-11-10(13)12-7-9-8(2)4-6-14-9/h4,6H,3,5,7H2,1-2H3,(H2,11,12,13). The van der Waals surface area contributed by atoms with Gasteiger partial charge in [-0.1, -0.05) is 6.92 Å². The molecule has 2 amide bonds. The van der Waals surface area contributed by atoms with Gasteiger partial charge in [-0.25, -0.2) is 4.79 Å². The van der Waals surface area contributed by atoms with Crippen molar-refractivity contribution in [2.24, 2.45) is 0 Å². The zero-order valence-electron chi connectivity index (χ0n) is 8.59. The number of amides is 2. The third-order valence-electron chi connectivity index (χ3n) is 1.91. The number of rotatable bonds is 4. The van der Waals surface area contributed by atoms with Crippen molar-refractivity contribution in [3.8, 4) is 0 Å². The summed E-state index contributed by atoms with van der Waals surface area (Å²) in [6, 6.07) is 1.98. The van der Waals surface area contributed by atoms with Crippen LogP contribution in [0.3, 0.4) is 0 Å². The Labute approximate surface area is 88.5 Å². The van der Waals surface area contributed by atoms with E-state index in [1.54, 1.807) is 11.3 Å². The highest BCUT2D eigenvalue weighted by Gasteiger charge is 2.02. The molecule has 1 rings (SSSR count). The Morgan fingerprint density at radius 2 is 2.29 bits per heavy atom.